The van der Waals surface area contributed by atoms with Gasteiger partial charge in [-0.2, -0.15) is 0 Å². The Morgan fingerprint density at radius 1 is 1.50 bits per heavy atom. The van der Waals surface area contributed by atoms with E-state index in [2.05, 4.69) is 29.4 Å². The summed E-state index contributed by atoms with van der Waals surface area (Å²) < 4.78 is 5.84. The summed E-state index contributed by atoms with van der Waals surface area (Å²) in [5.74, 6) is 0.754. The first-order chi connectivity index (χ1) is 10.7. The molecule has 2 amide bonds. The number of hydrogen-bond acceptors (Lipinski definition) is 4. The molecule has 116 valence electrons. The third kappa shape index (κ3) is 3.76. The van der Waals surface area contributed by atoms with Crippen LogP contribution in [-0.4, -0.2) is 35.1 Å². The molecule has 0 saturated carbocycles. The maximum atomic E-state index is 12.2. The predicted octanol–water partition coefficient (Wildman–Crippen LogP) is 2.81. The Kier molecular flexibility index (Phi) is 4.58. The fraction of sp³-hybridized carbons (Fsp3) is 0.375. The van der Waals surface area contributed by atoms with Gasteiger partial charge in [0.15, 0.2) is 0 Å². The Morgan fingerprint density at radius 2 is 2.41 bits per heavy atom. The Morgan fingerprint density at radius 3 is 3.14 bits per heavy atom. The van der Waals surface area contributed by atoms with Crippen LogP contribution in [0.5, 0.6) is 5.75 Å². The molecule has 3 heterocycles. The molecular weight excluding hydrogens is 298 g/mol. The SMILES string of the molecule is Cc1ccc(CNC(=O)N2CCC(Oc3cccnc3)C2)s1. The third-order valence-corrected chi connectivity index (χ3v) is 4.58. The molecule has 2 aromatic heterocycles. The number of ether oxygens (including phenoxy) is 1. The highest BCUT2D eigenvalue weighted by Gasteiger charge is 2.27. The molecule has 1 N–H and O–H groups in total. The van der Waals surface area contributed by atoms with Crippen molar-refractivity contribution in [2.24, 2.45) is 0 Å². The van der Waals surface area contributed by atoms with Crippen LogP contribution in [0.3, 0.4) is 0 Å². The second-order valence-electron chi connectivity index (χ2n) is 5.33. The van der Waals surface area contributed by atoms with Crippen molar-refractivity contribution in [1.29, 1.82) is 0 Å². The van der Waals surface area contributed by atoms with Gasteiger partial charge < -0.3 is 15.0 Å². The molecule has 1 fully saturated rings. The number of carbonyl (C=O) groups is 1. The highest BCUT2D eigenvalue weighted by molar-refractivity contribution is 7.11. The molecular formula is C16H19N3O2S. The predicted molar refractivity (Wildman–Crippen MR) is 86.1 cm³/mol. The lowest BCUT2D eigenvalue weighted by Crippen LogP contribution is -2.38. The summed E-state index contributed by atoms with van der Waals surface area (Å²) in [7, 11) is 0. The van der Waals surface area contributed by atoms with Crippen LogP contribution in [0, 0.1) is 6.92 Å². The summed E-state index contributed by atoms with van der Waals surface area (Å²) in [5.41, 5.74) is 0. The minimum Gasteiger partial charge on any atom is -0.487 e. The molecule has 1 aliphatic rings. The molecule has 6 heteroatoms. The van der Waals surface area contributed by atoms with Crippen molar-refractivity contribution < 1.29 is 9.53 Å². The van der Waals surface area contributed by atoms with Gasteiger partial charge in [-0.05, 0) is 31.2 Å². The van der Waals surface area contributed by atoms with Gasteiger partial charge in [0, 0.05) is 28.9 Å². The number of urea groups is 1. The van der Waals surface area contributed by atoms with Gasteiger partial charge in [0.05, 0.1) is 19.3 Å². The Bertz CT molecular complexity index is 629. The molecule has 5 nitrogen and oxygen atoms in total. The van der Waals surface area contributed by atoms with E-state index >= 15 is 0 Å². The Labute approximate surface area is 133 Å². The van der Waals surface area contributed by atoms with Crippen molar-refractivity contribution in [3.63, 3.8) is 0 Å². The molecule has 0 spiro atoms. The maximum absolute atomic E-state index is 12.2. The van der Waals surface area contributed by atoms with E-state index in [1.165, 1.54) is 9.75 Å². The highest BCUT2D eigenvalue weighted by atomic mass is 32.1. The standard InChI is InChI=1S/C16H19N3O2S/c1-12-4-5-15(22-12)10-18-16(20)19-8-6-14(11-19)21-13-3-2-7-17-9-13/h2-5,7,9,14H,6,8,10-11H2,1H3,(H,18,20). The number of thiophene rings is 1. The monoisotopic (exact) mass is 317 g/mol. The molecule has 0 aromatic carbocycles. The zero-order valence-corrected chi connectivity index (χ0v) is 13.3. The first-order valence-electron chi connectivity index (χ1n) is 7.35. The smallest absolute Gasteiger partial charge is 0.317 e. The van der Waals surface area contributed by atoms with Gasteiger partial charge >= 0.3 is 6.03 Å². The van der Waals surface area contributed by atoms with Crippen LogP contribution in [0.4, 0.5) is 4.79 Å². The van der Waals surface area contributed by atoms with Crippen LogP contribution in [0.25, 0.3) is 0 Å². The zero-order chi connectivity index (χ0) is 15.4. The summed E-state index contributed by atoms with van der Waals surface area (Å²) >= 11 is 1.71. The van der Waals surface area contributed by atoms with E-state index in [4.69, 9.17) is 4.74 Å². The summed E-state index contributed by atoms with van der Waals surface area (Å²) in [6.07, 6.45) is 4.30. The number of pyridine rings is 1. The van der Waals surface area contributed by atoms with Gasteiger partial charge in [-0.3, -0.25) is 4.98 Å². The zero-order valence-electron chi connectivity index (χ0n) is 12.5. The topological polar surface area (TPSA) is 54.5 Å². The number of amides is 2. The van der Waals surface area contributed by atoms with Crippen molar-refractivity contribution in [3.8, 4) is 5.75 Å². The molecule has 1 saturated heterocycles. The van der Waals surface area contributed by atoms with E-state index in [9.17, 15) is 4.79 Å². The van der Waals surface area contributed by atoms with Gasteiger partial charge in [0.25, 0.3) is 0 Å². The normalized spacial score (nSPS) is 17.5. The van der Waals surface area contributed by atoms with Crippen LogP contribution in [0.15, 0.2) is 36.7 Å². The van der Waals surface area contributed by atoms with Crippen LogP contribution in [0.2, 0.25) is 0 Å². The average Bonchev–Trinajstić information content (AvgIpc) is 3.15. The summed E-state index contributed by atoms with van der Waals surface area (Å²) in [6, 6.07) is 7.83. The van der Waals surface area contributed by atoms with Crippen LogP contribution < -0.4 is 10.1 Å². The lowest BCUT2D eigenvalue weighted by atomic mass is 10.3. The number of carbonyl (C=O) groups excluding carboxylic acids is 1. The number of nitrogens with one attached hydrogen (secondary N) is 1. The quantitative estimate of drug-likeness (QED) is 0.943. The molecule has 0 aliphatic carbocycles. The van der Waals surface area contributed by atoms with E-state index in [-0.39, 0.29) is 12.1 Å². The Balaban J connectivity index is 1.46. The van der Waals surface area contributed by atoms with Gasteiger partial charge in [-0.1, -0.05) is 0 Å². The maximum Gasteiger partial charge on any atom is 0.317 e. The minimum atomic E-state index is -0.0247. The van der Waals surface area contributed by atoms with E-state index < -0.39 is 0 Å². The van der Waals surface area contributed by atoms with E-state index in [0.717, 1.165) is 18.7 Å². The number of aromatic nitrogens is 1. The van der Waals surface area contributed by atoms with Crippen LogP contribution >= 0.6 is 11.3 Å². The minimum absolute atomic E-state index is 0.0247. The molecule has 0 radical (unpaired) electrons. The number of likely N-dealkylation sites (tertiary alicyclic amines) is 1. The van der Waals surface area contributed by atoms with E-state index in [1.54, 1.807) is 23.7 Å². The lowest BCUT2D eigenvalue weighted by molar-refractivity contribution is 0.186. The van der Waals surface area contributed by atoms with Crippen molar-refractivity contribution in [2.75, 3.05) is 13.1 Å². The fourth-order valence-corrected chi connectivity index (χ4v) is 3.30. The van der Waals surface area contributed by atoms with Crippen molar-refractivity contribution in [1.82, 2.24) is 15.2 Å². The van der Waals surface area contributed by atoms with Gasteiger partial charge in [0.2, 0.25) is 0 Å². The van der Waals surface area contributed by atoms with Crippen LogP contribution in [0.1, 0.15) is 16.2 Å². The first kappa shape index (κ1) is 14.8. The summed E-state index contributed by atoms with van der Waals surface area (Å²) in [4.78, 5) is 20.4. The lowest BCUT2D eigenvalue weighted by Gasteiger charge is -2.17. The average molecular weight is 317 g/mol. The number of hydrogen-bond donors (Lipinski definition) is 1. The second-order valence-corrected chi connectivity index (χ2v) is 6.71. The summed E-state index contributed by atoms with van der Waals surface area (Å²) in [6.45, 7) is 3.99. The fourth-order valence-electron chi connectivity index (χ4n) is 2.47. The van der Waals surface area contributed by atoms with E-state index in [0.29, 0.717) is 13.1 Å². The largest absolute Gasteiger partial charge is 0.487 e. The molecule has 1 aliphatic heterocycles. The number of rotatable bonds is 4. The second kappa shape index (κ2) is 6.79. The van der Waals surface area contributed by atoms with Crippen molar-refractivity contribution in [2.45, 2.75) is 26.0 Å². The molecule has 2 aromatic rings. The van der Waals surface area contributed by atoms with E-state index in [1.807, 2.05) is 17.0 Å². The molecule has 0 bridgehead atoms. The van der Waals surface area contributed by atoms with Crippen molar-refractivity contribution in [3.05, 3.63) is 46.4 Å². The summed E-state index contributed by atoms with van der Waals surface area (Å²) in [5, 5.41) is 2.97. The third-order valence-electron chi connectivity index (χ3n) is 3.58. The van der Waals surface area contributed by atoms with Gasteiger partial charge in [0.1, 0.15) is 11.9 Å². The molecule has 3 rings (SSSR count). The van der Waals surface area contributed by atoms with Gasteiger partial charge in [-0.15, -0.1) is 11.3 Å². The molecule has 22 heavy (non-hydrogen) atoms. The first-order valence-corrected chi connectivity index (χ1v) is 8.17. The molecule has 1 unspecified atom stereocenters. The highest BCUT2D eigenvalue weighted by Crippen LogP contribution is 2.18. The molecule has 1 atom stereocenters. The Hall–Kier alpha value is -2.08. The van der Waals surface area contributed by atoms with Crippen molar-refractivity contribution >= 4 is 17.4 Å². The number of aryl methyl sites for hydroxylation is 1. The number of nitrogens with zero attached hydrogens (tertiary/aromatic N) is 2. The van der Waals surface area contributed by atoms with Crippen LogP contribution in [-0.2, 0) is 6.54 Å². The van der Waals surface area contributed by atoms with Gasteiger partial charge in [-0.25, -0.2) is 4.79 Å².